The Hall–Kier alpha value is -3.50. The average molecular weight is 411 g/mol. The first-order valence-electron chi connectivity index (χ1n) is 10.5. The van der Waals surface area contributed by atoms with Crippen LogP contribution in [0.1, 0.15) is 57.7 Å². The van der Waals surface area contributed by atoms with Gasteiger partial charge in [0, 0.05) is 34.8 Å². The predicted molar refractivity (Wildman–Crippen MR) is 125 cm³/mol. The van der Waals surface area contributed by atoms with E-state index >= 15 is 0 Å². The molecule has 0 amide bonds. The minimum Gasteiger partial charge on any atom is -0.360 e. The number of hydrogen-bond donors (Lipinski definition) is 2. The highest BCUT2D eigenvalue weighted by molar-refractivity contribution is 6.10. The van der Waals surface area contributed by atoms with Crippen molar-refractivity contribution in [3.63, 3.8) is 0 Å². The summed E-state index contributed by atoms with van der Waals surface area (Å²) in [5.41, 5.74) is 4.42. The highest BCUT2D eigenvalue weighted by atomic mass is 16.1. The number of ketones is 2. The molecule has 0 saturated heterocycles. The van der Waals surface area contributed by atoms with Gasteiger partial charge in [-0.25, -0.2) is 0 Å². The molecule has 0 unspecified atom stereocenters. The molecule has 0 aliphatic carbocycles. The molecule has 4 rings (SSSR count). The Kier molecular flexibility index (Phi) is 6.10. The second kappa shape index (κ2) is 9.11. The van der Waals surface area contributed by atoms with Crippen molar-refractivity contribution in [2.45, 2.75) is 25.8 Å². The van der Waals surface area contributed by atoms with Crippen molar-refractivity contribution in [1.82, 2.24) is 10.3 Å². The minimum atomic E-state index is -0.445. The van der Waals surface area contributed by atoms with Gasteiger partial charge in [-0.2, -0.15) is 0 Å². The highest BCUT2D eigenvalue weighted by Gasteiger charge is 2.24. The van der Waals surface area contributed by atoms with E-state index in [0.29, 0.717) is 17.7 Å². The van der Waals surface area contributed by atoms with E-state index in [9.17, 15) is 9.59 Å². The lowest BCUT2D eigenvalue weighted by molar-refractivity contribution is 0.0943. The number of Topliss-reactive ketones (excluding diaryl/α,β-unsaturated/α-hetero) is 2. The number of nitrogens with one attached hydrogen (secondary N) is 2. The summed E-state index contributed by atoms with van der Waals surface area (Å²) in [4.78, 5) is 28.3. The van der Waals surface area contributed by atoms with Crippen molar-refractivity contribution in [3.05, 3.63) is 107 Å². The zero-order valence-electron chi connectivity index (χ0n) is 17.8. The summed E-state index contributed by atoms with van der Waals surface area (Å²) in [6.07, 6.45) is 1.80. The molecule has 0 bridgehead atoms. The van der Waals surface area contributed by atoms with E-state index < -0.39 is 6.04 Å². The van der Waals surface area contributed by atoms with Crippen LogP contribution in [0, 0.1) is 0 Å². The molecule has 1 heterocycles. The third-order valence-electron chi connectivity index (χ3n) is 5.76. The number of para-hydroxylation sites is 1. The fourth-order valence-electron chi connectivity index (χ4n) is 3.90. The van der Waals surface area contributed by atoms with Crippen LogP contribution in [0.25, 0.3) is 10.9 Å². The zero-order chi connectivity index (χ0) is 21.8. The van der Waals surface area contributed by atoms with Gasteiger partial charge in [-0.3, -0.25) is 9.59 Å². The van der Waals surface area contributed by atoms with Crippen molar-refractivity contribution in [2.24, 2.45) is 0 Å². The quantitative estimate of drug-likeness (QED) is 0.367. The SMILES string of the molecule is CC(=O)c1ccc([C@@H](C)CN[C@H](C(=O)c2c[nH]c3ccccc23)c2ccccc2)cc1. The summed E-state index contributed by atoms with van der Waals surface area (Å²) in [7, 11) is 0. The molecule has 4 aromatic rings. The zero-order valence-corrected chi connectivity index (χ0v) is 17.8. The summed E-state index contributed by atoms with van der Waals surface area (Å²) >= 11 is 0. The molecule has 3 aromatic carbocycles. The smallest absolute Gasteiger partial charge is 0.186 e. The first kappa shape index (κ1) is 20.8. The third kappa shape index (κ3) is 4.49. The van der Waals surface area contributed by atoms with Gasteiger partial charge in [-0.05, 0) is 30.0 Å². The predicted octanol–water partition coefficient (Wildman–Crippen LogP) is 5.69. The molecule has 0 spiro atoms. The van der Waals surface area contributed by atoms with Crippen molar-refractivity contribution in [3.8, 4) is 0 Å². The largest absolute Gasteiger partial charge is 0.360 e. The first-order chi connectivity index (χ1) is 15.0. The molecule has 2 N–H and O–H groups in total. The van der Waals surface area contributed by atoms with Gasteiger partial charge in [0.2, 0.25) is 0 Å². The van der Waals surface area contributed by atoms with Crippen LogP contribution in [-0.2, 0) is 0 Å². The lowest BCUT2D eigenvalue weighted by Gasteiger charge is -2.21. The summed E-state index contributed by atoms with van der Waals surface area (Å²) in [5.74, 6) is 0.288. The Bertz CT molecular complexity index is 1190. The van der Waals surface area contributed by atoms with Gasteiger partial charge >= 0.3 is 0 Å². The maximum absolute atomic E-state index is 13.6. The topological polar surface area (TPSA) is 62.0 Å². The van der Waals surface area contributed by atoms with E-state index in [-0.39, 0.29) is 17.5 Å². The summed E-state index contributed by atoms with van der Waals surface area (Å²) in [6.45, 7) is 4.32. The fourth-order valence-corrected chi connectivity index (χ4v) is 3.90. The van der Waals surface area contributed by atoms with E-state index in [4.69, 9.17) is 0 Å². The maximum Gasteiger partial charge on any atom is 0.186 e. The van der Waals surface area contributed by atoms with Crippen LogP contribution in [0.5, 0.6) is 0 Å². The lowest BCUT2D eigenvalue weighted by Crippen LogP contribution is -2.31. The number of hydrogen-bond acceptors (Lipinski definition) is 3. The summed E-state index contributed by atoms with van der Waals surface area (Å²) in [6, 6.07) is 24.9. The van der Waals surface area contributed by atoms with Crippen molar-refractivity contribution < 1.29 is 9.59 Å². The van der Waals surface area contributed by atoms with Crippen LogP contribution in [0.15, 0.2) is 85.1 Å². The molecule has 4 nitrogen and oxygen atoms in total. The van der Waals surface area contributed by atoms with Crippen LogP contribution in [0.2, 0.25) is 0 Å². The van der Waals surface area contributed by atoms with E-state index in [0.717, 1.165) is 22.0 Å². The minimum absolute atomic E-state index is 0.0442. The Morgan fingerprint density at radius 2 is 1.55 bits per heavy atom. The van der Waals surface area contributed by atoms with Gasteiger partial charge in [-0.15, -0.1) is 0 Å². The second-order valence-corrected chi connectivity index (χ2v) is 7.94. The Morgan fingerprint density at radius 1 is 0.871 bits per heavy atom. The molecule has 0 aliphatic heterocycles. The second-order valence-electron chi connectivity index (χ2n) is 7.94. The van der Waals surface area contributed by atoms with Gasteiger partial charge < -0.3 is 10.3 Å². The van der Waals surface area contributed by atoms with Crippen LogP contribution < -0.4 is 5.32 Å². The molecule has 0 fully saturated rings. The lowest BCUT2D eigenvalue weighted by atomic mass is 9.95. The number of aromatic amines is 1. The number of carbonyl (C=O) groups excluding carboxylic acids is 2. The number of benzene rings is 3. The molecule has 4 heteroatoms. The Morgan fingerprint density at radius 3 is 2.26 bits per heavy atom. The molecule has 0 saturated carbocycles. The van der Waals surface area contributed by atoms with Gasteiger partial charge in [0.1, 0.15) is 0 Å². The van der Waals surface area contributed by atoms with Crippen molar-refractivity contribution in [1.29, 1.82) is 0 Å². The van der Waals surface area contributed by atoms with Crippen molar-refractivity contribution >= 4 is 22.5 Å². The van der Waals surface area contributed by atoms with Crippen LogP contribution in [-0.4, -0.2) is 23.1 Å². The highest BCUT2D eigenvalue weighted by Crippen LogP contribution is 2.25. The maximum atomic E-state index is 13.6. The fraction of sp³-hybridized carbons (Fsp3) is 0.185. The van der Waals surface area contributed by atoms with E-state index in [1.165, 1.54) is 0 Å². The molecule has 31 heavy (non-hydrogen) atoms. The van der Waals surface area contributed by atoms with E-state index in [1.54, 1.807) is 13.1 Å². The van der Waals surface area contributed by atoms with Gasteiger partial charge in [0.15, 0.2) is 11.6 Å². The van der Waals surface area contributed by atoms with E-state index in [1.807, 2.05) is 78.9 Å². The summed E-state index contributed by atoms with van der Waals surface area (Å²) in [5, 5.41) is 4.43. The number of aromatic nitrogens is 1. The average Bonchev–Trinajstić information content (AvgIpc) is 3.24. The molecule has 1 aromatic heterocycles. The standard InChI is InChI=1S/C27H26N2O2/c1-18(20-12-14-21(15-13-20)19(2)30)16-29-26(22-8-4-3-5-9-22)27(31)24-17-28-25-11-7-6-10-23(24)25/h3-15,17-18,26,28-29H,16H2,1-2H3/t18-,26-/m0/s1. The Labute approximate surface area is 182 Å². The van der Waals surface area contributed by atoms with Crippen LogP contribution in [0.4, 0.5) is 0 Å². The molecular formula is C27H26N2O2. The Balaban J connectivity index is 1.57. The number of carbonyl (C=O) groups is 2. The number of H-pyrrole nitrogens is 1. The number of rotatable bonds is 8. The van der Waals surface area contributed by atoms with Gasteiger partial charge in [0.25, 0.3) is 0 Å². The molecular weight excluding hydrogens is 384 g/mol. The van der Waals surface area contributed by atoms with Crippen LogP contribution >= 0.6 is 0 Å². The van der Waals surface area contributed by atoms with Crippen LogP contribution in [0.3, 0.4) is 0 Å². The molecule has 2 atom stereocenters. The monoisotopic (exact) mass is 410 g/mol. The molecule has 0 radical (unpaired) electrons. The molecule has 156 valence electrons. The first-order valence-corrected chi connectivity index (χ1v) is 10.5. The van der Waals surface area contributed by atoms with Crippen molar-refractivity contribution in [2.75, 3.05) is 6.54 Å². The normalized spacial score (nSPS) is 13.1. The summed E-state index contributed by atoms with van der Waals surface area (Å²) < 4.78 is 0. The third-order valence-corrected chi connectivity index (χ3v) is 5.76. The van der Waals surface area contributed by atoms with Gasteiger partial charge in [0.05, 0.1) is 6.04 Å². The van der Waals surface area contributed by atoms with E-state index in [2.05, 4.69) is 17.2 Å². The molecule has 0 aliphatic rings. The number of fused-ring (bicyclic) bond motifs is 1. The van der Waals surface area contributed by atoms with Gasteiger partial charge in [-0.1, -0.05) is 79.7 Å².